The lowest BCUT2D eigenvalue weighted by atomic mass is 9.91. The van der Waals surface area contributed by atoms with Crippen LogP contribution in [-0.4, -0.2) is 24.1 Å². The molecule has 0 bridgehead atoms. The Morgan fingerprint density at radius 1 is 1.50 bits per heavy atom. The zero-order valence-corrected chi connectivity index (χ0v) is 9.40. The summed E-state index contributed by atoms with van der Waals surface area (Å²) in [6.45, 7) is 1.44. The summed E-state index contributed by atoms with van der Waals surface area (Å²) >= 11 is 0. The van der Waals surface area contributed by atoms with Crippen molar-refractivity contribution >= 4 is 5.82 Å². The molecule has 0 aliphatic heterocycles. The summed E-state index contributed by atoms with van der Waals surface area (Å²) in [5, 5.41) is 0. The Morgan fingerprint density at radius 3 is 2.88 bits per heavy atom. The van der Waals surface area contributed by atoms with Crippen LogP contribution in [0.1, 0.15) is 25.7 Å². The van der Waals surface area contributed by atoms with Crippen LogP contribution in [0.25, 0.3) is 0 Å². The first-order valence-corrected chi connectivity index (χ1v) is 5.90. The molecule has 1 aliphatic rings. The van der Waals surface area contributed by atoms with Gasteiger partial charge in [0.15, 0.2) is 11.6 Å². The molecule has 0 unspecified atom stereocenters. The SMILES string of the molecule is NCCCN(c1ncccc1F)C1CCC1. The predicted molar refractivity (Wildman–Crippen MR) is 62.9 cm³/mol. The molecule has 0 spiro atoms. The number of halogens is 1. The van der Waals surface area contributed by atoms with Crippen LogP contribution in [0, 0.1) is 5.82 Å². The van der Waals surface area contributed by atoms with Gasteiger partial charge in [-0.05, 0) is 44.4 Å². The first-order chi connectivity index (χ1) is 7.83. The fraction of sp³-hybridized carbons (Fsp3) is 0.583. The van der Waals surface area contributed by atoms with Crippen molar-refractivity contribution in [3.05, 3.63) is 24.1 Å². The van der Waals surface area contributed by atoms with Crippen LogP contribution in [0.3, 0.4) is 0 Å². The predicted octanol–water partition coefficient (Wildman–Crippen LogP) is 1.93. The molecular formula is C12H18FN3. The second kappa shape index (κ2) is 5.25. The Balaban J connectivity index is 2.13. The highest BCUT2D eigenvalue weighted by Crippen LogP contribution is 2.29. The molecule has 88 valence electrons. The Labute approximate surface area is 95.5 Å². The van der Waals surface area contributed by atoms with E-state index in [0.29, 0.717) is 18.4 Å². The van der Waals surface area contributed by atoms with Crippen molar-refractivity contribution in [2.75, 3.05) is 18.0 Å². The minimum Gasteiger partial charge on any atom is -0.351 e. The van der Waals surface area contributed by atoms with Gasteiger partial charge in [-0.2, -0.15) is 0 Å². The number of hydrogen-bond donors (Lipinski definition) is 1. The molecule has 0 aromatic carbocycles. The molecule has 1 aromatic rings. The Bertz CT molecular complexity index is 339. The second-order valence-corrected chi connectivity index (χ2v) is 4.23. The summed E-state index contributed by atoms with van der Waals surface area (Å²) in [5.41, 5.74) is 5.51. The molecule has 4 heteroatoms. The van der Waals surface area contributed by atoms with Crippen molar-refractivity contribution in [3.63, 3.8) is 0 Å². The van der Waals surface area contributed by atoms with E-state index in [-0.39, 0.29) is 5.82 Å². The molecule has 1 aliphatic carbocycles. The Morgan fingerprint density at radius 2 is 2.31 bits per heavy atom. The summed E-state index contributed by atoms with van der Waals surface area (Å²) in [6, 6.07) is 3.55. The lowest BCUT2D eigenvalue weighted by Crippen LogP contribution is -2.42. The van der Waals surface area contributed by atoms with E-state index in [1.54, 1.807) is 12.3 Å². The van der Waals surface area contributed by atoms with E-state index < -0.39 is 0 Å². The van der Waals surface area contributed by atoms with Crippen molar-refractivity contribution < 1.29 is 4.39 Å². The molecule has 0 saturated heterocycles. The highest BCUT2D eigenvalue weighted by molar-refractivity contribution is 5.41. The number of anilines is 1. The standard InChI is InChI=1S/C12H18FN3/c13-11-6-2-8-15-12(11)16(9-3-7-14)10-4-1-5-10/h2,6,8,10H,1,3-5,7,9,14H2. The van der Waals surface area contributed by atoms with Gasteiger partial charge in [0.05, 0.1) is 0 Å². The zero-order valence-electron chi connectivity index (χ0n) is 9.40. The van der Waals surface area contributed by atoms with E-state index in [0.717, 1.165) is 25.8 Å². The van der Waals surface area contributed by atoms with Gasteiger partial charge >= 0.3 is 0 Å². The second-order valence-electron chi connectivity index (χ2n) is 4.23. The van der Waals surface area contributed by atoms with Gasteiger partial charge in [-0.15, -0.1) is 0 Å². The lowest BCUT2D eigenvalue weighted by Gasteiger charge is -2.38. The van der Waals surface area contributed by atoms with Crippen LogP contribution >= 0.6 is 0 Å². The maximum absolute atomic E-state index is 13.7. The summed E-state index contributed by atoms with van der Waals surface area (Å²) in [5.74, 6) is 0.257. The minimum absolute atomic E-state index is 0.230. The number of pyridine rings is 1. The van der Waals surface area contributed by atoms with E-state index in [2.05, 4.69) is 9.88 Å². The molecule has 16 heavy (non-hydrogen) atoms. The van der Waals surface area contributed by atoms with E-state index in [9.17, 15) is 4.39 Å². The molecule has 0 radical (unpaired) electrons. The number of nitrogens with zero attached hydrogens (tertiary/aromatic N) is 2. The molecule has 1 saturated carbocycles. The van der Waals surface area contributed by atoms with Crippen molar-refractivity contribution in [3.8, 4) is 0 Å². The first kappa shape index (κ1) is 11.3. The van der Waals surface area contributed by atoms with Crippen LogP contribution in [0.2, 0.25) is 0 Å². The molecular weight excluding hydrogens is 205 g/mol. The third kappa shape index (κ3) is 2.32. The van der Waals surface area contributed by atoms with Gasteiger partial charge in [-0.1, -0.05) is 0 Å². The van der Waals surface area contributed by atoms with Crippen molar-refractivity contribution in [1.82, 2.24) is 4.98 Å². The van der Waals surface area contributed by atoms with Crippen molar-refractivity contribution in [1.29, 1.82) is 0 Å². The highest BCUT2D eigenvalue weighted by Gasteiger charge is 2.27. The third-order valence-corrected chi connectivity index (χ3v) is 3.13. The van der Waals surface area contributed by atoms with Crippen LogP contribution in [0.4, 0.5) is 10.2 Å². The van der Waals surface area contributed by atoms with Gasteiger partial charge in [0.25, 0.3) is 0 Å². The monoisotopic (exact) mass is 223 g/mol. The summed E-state index contributed by atoms with van der Waals surface area (Å²) in [6.07, 6.45) is 6.04. The van der Waals surface area contributed by atoms with E-state index in [4.69, 9.17) is 5.73 Å². The van der Waals surface area contributed by atoms with Crippen molar-refractivity contribution in [2.24, 2.45) is 5.73 Å². The fourth-order valence-corrected chi connectivity index (χ4v) is 2.01. The topological polar surface area (TPSA) is 42.1 Å². The van der Waals surface area contributed by atoms with Gasteiger partial charge in [-0.25, -0.2) is 9.37 Å². The third-order valence-electron chi connectivity index (χ3n) is 3.13. The average molecular weight is 223 g/mol. The molecule has 1 heterocycles. The fourth-order valence-electron chi connectivity index (χ4n) is 2.01. The van der Waals surface area contributed by atoms with Crippen LogP contribution in [0.5, 0.6) is 0 Å². The van der Waals surface area contributed by atoms with E-state index in [1.807, 2.05) is 0 Å². The summed E-state index contributed by atoms with van der Waals surface area (Å²) in [4.78, 5) is 6.22. The van der Waals surface area contributed by atoms with Gasteiger partial charge in [0.2, 0.25) is 0 Å². The molecule has 2 N–H and O–H groups in total. The molecule has 0 amide bonds. The van der Waals surface area contributed by atoms with E-state index in [1.165, 1.54) is 12.5 Å². The van der Waals surface area contributed by atoms with Gasteiger partial charge in [0, 0.05) is 18.8 Å². The Hall–Kier alpha value is -1.16. The summed E-state index contributed by atoms with van der Waals surface area (Å²) < 4.78 is 13.7. The zero-order chi connectivity index (χ0) is 11.4. The smallest absolute Gasteiger partial charge is 0.165 e. The molecule has 1 aromatic heterocycles. The minimum atomic E-state index is -0.230. The van der Waals surface area contributed by atoms with Crippen LogP contribution in [0.15, 0.2) is 18.3 Å². The van der Waals surface area contributed by atoms with Crippen LogP contribution < -0.4 is 10.6 Å². The number of aromatic nitrogens is 1. The molecule has 3 nitrogen and oxygen atoms in total. The van der Waals surface area contributed by atoms with Crippen molar-refractivity contribution in [2.45, 2.75) is 31.7 Å². The molecule has 2 rings (SSSR count). The van der Waals surface area contributed by atoms with Gasteiger partial charge < -0.3 is 10.6 Å². The van der Waals surface area contributed by atoms with Gasteiger partial charge in [-0.3, -0.25) is 0 Å². The van der Waals surface area contributed by atoms with E-state index >= 15 is 0 Å². The molecule has 1 fully saturated rings. The maximum Gasteiger partial charge on any atom is 0.165 e. The van der Waals surface area contributed by atoms with Gasteiger partial charge in [0.1, 0.15) is 0 Å². The largest absolute Gasteiger partial charge is 0.351 e. The lowest BCUT2D eigenvalue weighted by molar-refractivity contribution is 0.379. The number of rotatable bonds is 5. The maximum atomic E-state index is 13.7. The molecule has 0 atom stereocenters. The summed E-state index contributed by atoms with van der Waals surface area (Å²) in [7, 11) is 0. The first-order valence-electron chi connectivity index (χ1n) is 5.90. The Kier molecular flexibility index (Phi) is 3.72. The number of nitrogens with two attached hydrogens (primary N) is 1. The van der Waals surface area contributed by atoms with Crippen LogP contribution in [-0.2, 0) is 0 Å². The average Bonchev–Trinajstić information content (AvgIpc) is 2.22. The number of hydrogen-bond acceptors (Lipinski definition) is 3. The quantitative estimate of drug-likeness (QED) is 0.829. The normalized spacial score (nSPS) is 15.9. The highest BCUT2D eigenvalue weighted by atomic mass is 19.1.